The van der Waals surface area contributed by atoms with E-state index in [0.29, 0.717) is 11.9 Å². The summed E-state index contributed by atoms with van der Waals surface area (Å²) in [4.78, 5) is 18.2. The minimum absolute atomic E-state index is 0.188. The van der Waals surface area contributed by atoms with Crippen LogP contribution in [0.15, 0.2) is 4.99 Å². The third-order valence-electron chi connectivity index (χ3n) is 2.66. The zero-order valence-corrected chi connectivity index (χ0v) is 9.92. The van der Waals surface area contributed by atoms with Crippen molar-refractivity contribution in [3.63, 3.8) is 0 Å². The predicted octanol–water partition coefficient (Wildman–Crippen LogP) is 0.767. The van der Waals surface area contributed by atoms with Gasteiger partial charge in [0.1, 0.15) is 0 Å². The molecule has 0 amide bonds. The molecule has 0 bridgehead atoms. The normalized spacial score (nSPS) is 30.9. The van der Waals surface area contributed by atoms with Gasteiger partial charge in [0.05, 0.1) is 11.9 Å². The molecule has 0 spiro atoms. The number of aliphatic imine (C=N–C) groups is 1. The summed E-state index contributed by atoms with van der Waals surface area (Å²) in [5.74, 6) is -0.188. The first-order valence-corrected chi connectivity index (χ1v) is 6.22. The molecule has 0 N–H and O–H groups in total. The van der Waals surface area contributed by atoms with Gasteiger partial charge in [-0.2, -0.15) is 0 Å². The first-order chi connectivity index (χ1) is 7.20. The van der Waals surface area contributed by atoms with Crippen molar-refractivity contribution in [3.8, 4) is 0 Å². The van der Waals surface area contributed by atoms with Gasteiger partial charge in [-0.05, 0) is 20.4 Å². The average Bonchev–Trinajstić information content (AvgIpc) is 2.60. The molecule has 0 radical (unpaired) electrons. The minimum atomic E-state index is -0.309. The van der Waals surface area contributed by atoms with Crippen molar-refractivity contribution in [2.75, 3.05) is 26.7 Å². The molecule has 15 heavy (non-hydrogen) atoms. The van der Waals surface area contributed by atoms with Crippen molar-refractivity contribution in [2.45, 2.75) is 24.0 Å². The Morgan fingerprint density at radius 3 is 3.27 bits per heavy atom. The van der Waals surface area contributed by atoms with Crippen LogP contribution in [0.4, 0.5) is 0 Å². The van der Waals surface area contributed by atoms with Gasteiger partial charge in [-0.15, -0.1) is 11.8 Å². The van der Waals surface area contributed by atoms with Crippen LogP contribution in [0.1, 0.15) is 13.3 Å². The van der Waals surface area contributed by atoms with Crippen molar-refractivity contribution < 1.29 is 9.53 Å². The number of hydrogen-bond donors (Lipinski definition) is 0. The third-order valence-corrected chi connectivity index (χ3v) is 3.97. The highest BCUT2D eigenvalue weighted by Gasteiger charge is 2.36. The molecule has 2 aliphatic rings. The molecule has 2 heterocycles. The number of carbonyl (C=O) groups is 1. The van der Waals surface area contributed by atoms with Gasteiger partial charge in [0.15, 0.2) is 5.37 Å². The monoisotopic (exact) mass is 228 g/mol. The zero-order chi connectivity index (χ0) is 10.8. The van der Waals surface area contributed by atoms with E-state index in [1.54, 1.807) is 11.8 Å². The second-order valence-electron chi connectivity index (χ2n) is 3.86. The fourth-order valence-electron chi connectivity index (χ4n) is 1.87. The van der Waals surface area contributed by atoms with Crippen molar-refractivity contribution in [1.82, 2.24) is 4.90 Å². The van der Waals surface area contributed by atoms with Crippen LogP contribution in [0.25, 0.3) is 0 Å². The molecule has 4 nitrogen and oxygen atoms in total. The molecule has 0 aliphatic carbocycles. The van der Waals surface area contributed by atoms with E-state index in [0.717, 1.165) is 19.5 Å². The van der Waals surface area contributed by atoms with Crippen LogP contribution in [-0.2, 0) is 9.53 Å². The molecule has 2 aliphatic heterocycles. The van der Waals surface area contributed by atoms with Crippen molar-refractivity contribution in [1.29, 1.82) is 0 Å². The van der Waals surface area contributed by atoms with Crippen LogP contribution in [0.5, 0.6) is 0 Å². The van der Waals surface area contributed by atoms with E-state index in [1.807, 2.05) is 6.92 Å². The SMILES string of the molecule is CCOC(=O)C1N=C2CCN(C)CC2S1. The van der Waals surface area contributed by atoms with E-state index in [2.05, 4.69) is 16.9 Å². The number of thioether (sulfide) groups is 1. The highest BCUT2D eigenvalue weighted by Crippen LogP contribution is 2.32. The number of carbonyl (C=O) groups excluding carboxylic acids is 1. The second-order valence-corrected chi connectivity index (χ2v) is 5.15. The lowest BCUT2D eigenvalue weighted by Crippen LogP contribution is -2.38. The maximum atomic E-state index is 11.5. The summed E-state index contributed by atoms with van der Waals surface area (Å²) >= 11 is 1.63. The summed E-state index contributed by atoms with van der Waals surface area (Å²) in [7, 11) is 2.11. The van der Waals surface area contributed by atoms with Gasteiger partial charge in [0, 0.05) is 18.8 Å². The van der Waals surface area contributed by atoms with Crippen LogP contribution in [0.3, 0.4) is 0 Å². The Hall–Kier alpha value is -0.550. The minimum Gasteiger partial charge on any atom is -0.464 e. The van der Waals surface area contributed by atoms with Crippen LogP contribution in [0.2, 0.25) is 0 Å². The maximum absolute atomic E-state index is 11.5. The van der Waals surface area contributed by atoms with Crippen molar-refractivity contribution >= 4 is 23.4 Å². The molecule has 1 fully saturated rings. The number of ether oxygens (including phenoxy) is 1. The summed E-state index contributed by atoms with van der Waals surface area (Å²) in [5.41, 5.74) is 1.19. The van der Waals surface area contributed by atoms with Crippen LogP contribution in [-0.4, -0.2) is 53.9 Å². The number of piperidine rings is 1. The van der Waals surface area contributed by atoms with Crippen LogP contribution >= 0.6 is 11.8 Å². The molecule has 0 aromatic heterocycles. The number of likely N-dealkylation sites (tertiary alicyclic amines) is 1. The molecule has 1 saturated heterocycles. The van der Waals surface area contributed by atoms with Gasteiger partial charge in [-0.25, -0.2) is 4.79 Å². The molecular weight excluding hydrogens is 212 g/mol. The van der Waals surface area contributed by atoms with Crippen LogP contribution in [0, 0.1) is 0 Å². The molecule has 0 saturated carbocycles. The molecule has 2 rings (SSSR count). The second kappa shape index (κ2) is 4.53. The highest BCUT2D eigenvalue weighted by molar-refractivity contribution is 8.02. The lowest BCUT2D eigenvalue weighted by Gasteiger charge is -2.27. The van der Waals surface area contributed by atoms with E-state index in [-0.39, 0.29) is 11.3 Å². The van der Waals surface area contributed by atoms with Gasteiger partial charge in [-0.3, -0.25) is 4.99 Å². The largest absolute Gasteiger partial charge is 0.464 e. The number of fused-ring (bicyclic) bond motifs is 1. The quantitative estimate of drug-likeness (QED) is 0.655. The summed E-state index contributed by atoms with van der Waals surface area (Å²) in [5, 5.41) is 0.0922. The fourth-order valence-corrected chi connectivity index (χ4v) is 3.24. The Morgan fingerprint density at radius 1 is 1.73 bits per heavy atom. The maximum Gasteiger partial charge on any atom is 0.341 e. The Labute approximate surface area is 94.1 Å². The molecule has 0 aromatic carbocycles. The standard InChI is InChI=1S/C10H16N2O2S/c1-3-14-10(13)9-11-7-4-5-12(2)6-8(7)15-9/h8-9H,3-6H2,1-2H3. The average molecular weight is 228 g/mol. The van der Waals surface area contributed by atoms with E-state index in [4.69, 9.17) is 4.74 Å². The summed E-state index contributed by atoms with van der Waals surface area (Å²) in [6.07, 6.45) is 0.990. The summed E-state index contributed by atoms with van der Waals surface area (Å²) in [6.45, 7) is 4.31. The Bertz CT molecular complexity index is 293. The van der Waals surface area contributed by atoms with Crippen molar-refractivity contribution in [3.05, 3.63) is 0 Å². The van der Waals surface area contributed by atoms with E-state index < -0.39 is 0 Å². The Morgan fingerprint density at radius 2 is 2.53 bits per heavy atom. The molecule has 84 valence electrons. The van der Waals surface area contributed by atoms with Gasteiger partial charge in [0.25, 0.3) is 0 Å². The van der Waals surface area contributed by atoms with Gasteiger partial charge >= 0.3 is 5.97 Å². The first-order valence-electron chi connectivity index (χ1n) is 5.28. The summed E-state index contributed by atoms with van der Waals surface area (Å²) in [6, 6.07) is 0. The smallest absolute Gasteiger partial charge is 0.341 e. The van der Waals surface area contributed by atoms with Crippen LogP contribution < -0.4 is 0 Å². The molecular formula is C10H16N2O2S. The van der Waals surface area contributed by atoms with E-state index in [1.165, 1.54) is 5.71 Å². The lowest BCUT2D eigenvalue weighted by molar-refractivity contribution is -0.142. The number of hydrogen-bond acceptors (Lipinski definition) is 5. The molecule has 5 heteroatoms. The third kappa shape index (κ3) is 2.34. The highest BCUT2D eigenvalue weighted by atomic mass is 32.2. The number of esters is 1. The summed E-state index contributed by atoms with van der Waals surface area (Å²) < 4.78 is 4.98. The Balaban J connectivity index is 1.98. The van der Waals surface area contributed by atoms with E-state index >= 15 is 0 Å². The zero-order valence-electron chi connectivity index (χ0n) is 9.10. The van der Waals surface area contributed by atoms with Gasteiger partial charge < -0.3 is 9.64 Å². The predicted molar refractivity (Wildman–Crippen MR) is 61.3 cm³/mol. The Kier molecular flexibility index (Phi) is 3.31. The van der Waals surface area contributed by atoms with Gasteiger partial charge in [-0.1, -0.05) is 0 Å². The van der Waals surface area contributed by atoms with E-state index in [9.17, 15) is 4.79 Å². The fraction of sp³-hybridized carbons (Fsp3) is 0.800. The first kappa shape index (κ1) is 11.0. The van der Waals surface area contributed by atoms with Crippen molar-refractivity contribution in [2.24, 2.45) is 4.99 Å². The number of rotatable bonds is 2. The number of nitrogens with zero attached hydrogens (tertiary/aromatic N) is 2. The molecule has 2 atom stereocenters. The topological polar surface area (TPSA) is 41.9 Å². The molecule has 2 unspecified atom stereocenters. The molecule has 0 aromatic rings. The van der Waals surface area contributed by atoms with Gasteiger partial charge in [0.2, 0.25) is 0 Å². The lowest BCUT2D eigenvalue weighted by atomic mass is 10.1.